The summed E-state index contributed by atoms with van der Waals surface area (Å²) in [6.45, 7) is 7.45. The third kappa shape index (κ3) is 3.35. The number of hydrogen-bond donors (Lipinski definition) is 1. The second kappa shape index (κ2) is 5.14. The highest BCUT2D eigenvalue weighted by Crippen LogP contribution is 2.30. The second-order valence-corrected chi connectivity index (χ2v) is 5.67. The van der Waals surface area contributed by atoms with Crippen molar-refractivity contribution < 1.29 is 9.66 Å². The van der Waals surface area contributed by atoms with Crippen LogP contribution in [-0.2, 0) is 4.74 Å². The molecule has 0 aromatic carbocycles. The van der Waals surface area contributed by atoms with Gasteiger partial charge in [-0.2, -0.15) is 0 Å². The van der Waals surface area contributed by atoms with E-state index in [1.54, 1.807) is 0 Å². The Morgan fingerprint density at radius 2 is 2.44 bits per heavy atom. The molecule has 0 radical (unpaired) electrons. The Hall–Kier alpha value is -1.30. The van der Waals surface area contributed by atoms with Crippen molar-refractivity contribution in [3.8, 4) is 0 Å². The van der Waals surface area contributed by atoms with Gasteiger partial charge in [0.15, 0.2) is 5.82 Å². The van der Waals surface area contributed by atoms with E-state index < -0.39 is 4.92 Å². The molecule has 18 heavy (non-hydrogen) atoms. The van der Waals surface area contributed by atoms with Gasteiger partial charge in [0, 0.05) is 25.6 Å². The Morgan fingerprint density at radius 1 is 1.67 bits per heavy atom. The highest BCUT2D eigenvalue weighted by molar-refractivity contribution is 4.99. The number of nitrogens with one attached hydrogen (secondary N) is 1. The molecule has 0 aromatic rings. The molecular weight excluding hydrogens is 234 g/mol. The van der Waals surface area contributed by atoms with Gasteiger partial charge in [-0.15, -0.1) is 0 Å². The quantitative estimate of drug-likeness (QED) is 0.605. The molecule has 0 saturated carbocycles. The topological polar surface area (TPSA) is 67.6 Å². The fourth-order valence-electron chi connectivity index (χ4n) is 2.72. The van der Waals surface area contributed by atoms with E-state index in [-0.39, 0.29) is 5.60 Å². The lowest BCUT2D eigenvalue weighted by molar-refractivity contribution is -0.404. The van der Waals surface area contributed by atoms with Crippen molar-refractivity contribution in [2.45, 2.75) is 32.3 Å². The van der Waals surface area contributed by atoms with E-state index in [9.17, 15) is 10.1 Å². The molecule has 1 atom stereocenters. The number of rotatable bonds is 3. The minimum absolute atomic E-state index is 0.0547. The summed E-state index contributed by atoms with van der Waals surface area (Å²) in [5.41, 5.74) is -0.0547. The van der Waals surface area contributed by atoms with Crippen LogP contribution in [0.4, 0.5) is 0 Å². The highest BCUT2D eigenvalue weighted by atomic mass is 16.6. The third-order valence-corrected chi connectivity index (χ3v) is 3.45. The van der Waals surface area contributed by atoms with Crippen LogP contribution in [0.15, 0.2) is 12.0 Å². The Morgan fingerprint density at radius 3 is 3.06 bits per heavy atom. The maximum atomic E-state index is 10.6. The van der Waals surface area contributed by atoms with Gasteiger partial charge in [0.1, 0.15) is 0 Å². The summed E-state index contributed by atoms with van der Waals surface area (Å²) in [5.74, 6) is 1.09. The first-order chi connectivity index (χ1) is 8.46. The summed E-state index contributed by atoms with van der Waals surface area (Å²) in [6, 6.07) is 0. The molecule has 2 fully saturated rings. The van der Waals surface area contributed by atoms with Gasteiger partial charge in [0.2, 0.25) is 0 Å². The average molecular weight is 255 g/mol. The Bertz CT molecular complexity index is 354. The summed E-state index contributed by atoms with van der Waals surface area (Å²) in [4.78, 5) is 12.3. The number of hydrogen-bond acceptors (Lipinski definition) is 5. The molecule has 2 heterocycles. The van der Waals surface area contributed by atoms with Crippen molar-refractivity contribution in [2.24, 2.45) is 5.92 Å². The van der Waals surface area contributed by atoms with Gasteiger partial charge >= 0.3 is 0 Å². The first-order valence-corrected chi connectivity index (χ1v) is 6.44. The second-order valence-electron chi connectivity index (χ2n) is 5.67. The molecule has 0 bridgehead atoms. The molecule has 1 unspecified atom stereocenters. The van der Waals surface area contributed by atoms with Gasteiger partial charge in [-0.25, -0.2) is 0 Å². The normalized spacial score (nSPS) is 29.3. The van der Waals surface area contributed by atoms with Gasteiger partial charge in [0.25, 0.3) is 6.20 Å². The number of nitrogens with zero attached hydrogens (tertiary/aromatic N) is 2. The average Bonchev–Trinajstić information content (AvgIpc) is 2.60. The predicted octanol–water partition coefficient (Wildman–Crippen LogP) is 1.17. The van der Waals surface area contributed by atoms with Gasteiger partial charge in [-0.1, -0.05) is 0 Å². The summed E-state index contributed by atoms with van der Waals surface area (Å²) < 4.78 is 5.71. The fourth-order valence-corrected chi connectivity index (χ4v) is 2.72. The van der Waals surface area contributed by atoms with E-state index in [0.29, 0.717) is 11.7 Å². The van der Waals surface area contributed by atoms with Crippen molar-refractivity contribution in [1.82, 2.24) is 10.2 Å². The Balaban J connectivity index is 1.96. The van der Waals surface area contributed by atoms with Crippen molar-refractivity contribution in [1.29, 1.82) is 0 Å². The van der Waals surface area contributed by atoms with E-state index in [1.807, 2.05) is 0 Å². The molecular formula is C12H21N3O3. The first-order valence-electron chi connectivity index (χ1n) is 6.44. The third-order valence-electron chi connectivity index (χ3n) is 3.45. The molecule has 1 N–H and O–H groups in total. The predicted molar refractivity (Wildman–Crippen MR) is 67.4 cm³/mol. The lowest BCUT2D eigenvalue weighted by Crippen LogP contribution is -2.42. The minimum atomic E-state index is -0.393. The Kier molecular flexibility index (Phi) is 3.75. The molecule has 2 aliphatic heterocycles. The molecule has 2 aliphatic rings. The molecule has 0 spiro atoms. The van der Waals surface area contributed by atoms with Crippen LogP contribution >= 0.6 is 0 Å². The zero-order valence-corrected chi connectivity index (χ0v) is 11.0. The van der Waals surface area contributed by atoms with Crippen molar-refractivity contribution in [2.75, 3.05) is 26.2 Å². The number of nitro groups is 1. The standard InChI is InChI=1S/C12H21N3O3/c1-12(2)6-10(9-18-12)7-14-5-3-4-13-11(14)8-15(16)17/h8,10,13H,3-7,9H2,1-2H3/b11-8+. The zero-order chi connectivity index (χ0) is 13.2. The number of ether oxygens (including phenoxy) is 1. The zero-order valence-electron chi connectivity index (χ0n) is 11.0. The molecule has 102 valence electrons. The highest BCUT2D eigenvalue weighted by Gasteiger charge is 2.33. The molecule has 6 nitrogen and oxygen atoms in total. The maximum absolute atomic E-state index is 10.6. The van der Waals surface area contributed by atoms with Crippen LogP contribution in [0.2, 0.25) is 0 Å². The summed E-state index contributed by atoms with van der Waals surface area (Å²) in [7, 11) is 0. The van der Waals surface area contributed by atoms with Crippen LogP contribution in [0.25, 0.3) is 0 Å². The van der Waals surface area contributed by atoms with Crippen LogP contribution in [-0.4, -0.2) is 41.7 Å². The lowest BCUT2D eigenvalue weighted by atomic mass is 9.97. The van der Waals surface area contributed by atoms with Gasteiger partial charge in [0.05, 0.1) is 17.1 Å². The summed E-state index contributed by atoms with van der Waals surface area (Å²) in [5, 5.41) is 13.7. The maximum Gasteiger partial charge on any atom is 0.274 e. The van der Waals surface area contributed by atoms with Crippen LogP contribution in [0.5, 0.6) is 0 Å². The van der Waals surface area contributed by atoms with E-state index in [0.717, 1.165) is 45.3 Å². The van der Waals surface area contributed by atoms with Crippen LogP contribution in [0.3, 0.4) is 0 Å². The SMILES string of the molecule is CC1(C)CC(CN2CCCN/C2=C\[N+](=O)[O-])CO1. The molecule has 6 heteroatoms. The van der Waals surface area contributed by atoms with Gasteiger partial charge in [-0.05, 0) is 26.7 Å². The molecule has 2 rings (SSSR count). The van der Waals surface area contributed by atoms with Gasteiger partial charge < -0.3 is 15.0 Å². The smallest absolute Gasteiger partial charge is 0.274 e. The summed E-state index contributed by atoms with van der Waals surface area (Å²) >= 11 is 0. The molecule has 2 saturated heterocycles. The van der Waals surface area contributed by atoms with E-state index >= 15 is 0 Å². The van der Waals surface area contributed by atoms with Crippen molar-refractivity contribution in [3.05, 3.63) is 22.1 Å². The van der Waals surface area contributed by atoms with E-state index in [4.69, 9.17) is 4.74 Å². The monoisotopic (exact) mass is 255 g/mol. The van der Waals surface area contributed by atoms with Crippen LogP contribution in [0.1, 0.15) is 26.7 Å². The Labute approximate surface area is 107 Å². The van der Waals surface area contributed by atoms with Crippen LogP contribution < -0.4 is 5.32 Å². The molecule has 0 aromatic heterocycles. The lowest BCUT2D eigenvalue weighted by Gasteiger charge is -2.32. The van der Waals surface area contributed by atoms with Crippen molar-refractivity contribution in [3.63, 3.8) is 0 Å². The van der Waals surface area contributed by atoms with E-state index in [1.165, 1.54) is 0 Å². The molecule has 0 aliphatic carbocycles. The largest absolute Gasteiger partial charge is 0.375 e. The first kappa shape index (κ1) is 13.1. The minimum Gasteiger partial charge on any atom is -0.375 e. The van der Waals surface area contributed by atoms with Crippen molar-refractivity contribution >= 4 is 0 Å². The van der Waals surface area contributed by atoms with Crippen LogP contribution in [0, 0.1) is 16.0 Å². The molecule has 0 amide bonds. The summed E-state index contributed by atoms with van der Waals surface area (Å²) in [6.07, 6.45) is 3.10. The fraction of sp³-hybridized carbons (Fsp3) is 0.833. The van der Waals surface area contributed by atoms with Gasteiger partial charge in [-0.3, -0.25) is 10.1 Å². The van der Waals surface area contributed by atoms with E-state index in [2.05, 4.69) is 24.1 Å².